The minimum atomic E-state index is -0.637. The number of amides is 2. The van der Waals surface area contributed by atoms with E-state index in [4.69, 9.17) is 18.0 Å². The number of nitrogens with one attached hydrogen (secondary N) is 1. The van der Waals surface area contributed by atoms with Gasteiger partial charge in [-0.15, -0.1) is 0 Å². The van der Waals surface area contributed by atoms with E-state index in [0.717, 1.165) is 36.4 Å². The fourth-order valence-corrected chi connectivity index (χ4v) is 4.50. The summed E-state index contributed by atoms with van der Waals surface area (Å²) in [6, 6.07) is 8.63. The van der Waals surface area contributed by atoms with Crippen LogP contribution in [0.4, 0.5) is 0 Å². The zero-order valence-electron chi connectivity index (χ0n) is 16.5. The van der Waals surface area contributed by atoms with Gasteiger partial charge in [-0.3, -0.25) is 9.59 Å². The number of likely N-dealkylation sites (tertiary alicyclic amines) is 2. The van der Waals surface area contributed by atoms with Crippen LogP contribution in [0.5, 0.6) is 0 Å². The molecule has 2 aliphatic rings. The summed E-state index contributed by atoms with van der Waals surface area (Å²) in [6.07, 6.45) is 4.23. The lowest BCUT2D eigenvalue weighted by atomic mass is 9.94. The Labute approximate surface area is 173 Å². The quantitative estimate of drug-likeness (QED) is 0.521. The van der Waals surface area contributed by atoms with Crippen LogP contribution >= 0.6 is 12.2 Å². The minimum absolute atomic E-state index is 0.132. The molecule has 1 aromatic carbocycles. The highest BCUT2D eigenvalue weighted by molar-refractivity contribution is 7.80. The second-order valence-corrected chi connectivity index (χ2v) is 8.25. The van der Waals surface area contributed by atoms with Crippen molar-refractivity contribution in [2.75, 3.05) is 19.6 Å². The van der Waals surface area contributed by atoms with Gasteiger partial charge in [0.2, 0.25) is 11.8 Å². The lowest BCUT2D eigenvalue weighted by molar-refractivity contribution is -0.139. The highest BCUT2D eigenvalue weighted by Gasteiger charge is 2.36. The van der Waals surface area contributed by atoms with Gasteiger partial charge in [0.1, 0.15) is 13.9 Å². The summed E-state index contributed by atoms with van der Waals surface area (Å²) in [5.74, 6) is 0.147. The van der Waals surface area contributed by atoms with Crippen molar-refractivity contribution in [2.45, 2.75) is 50.1 Å². The molecule has 3 atom stereocenters. The van der Waals surface area contributed by atoms with Crippen molar-refractivity contribution in [3.63, 3.8) is 0 Å². The van der Waals surface area contributed by atoms with Crippen LogP contribution in [-0.2, 0) is 16.0 Å². The third-order valence-corrected chi connectivity index (χ3v) is 6.12. The first-order valence-electron chi connectivity index (χ1n) is 10.1. The molecule has 1 aromatic rings. The van der Waals surface area contributed by atoms with Gasteiger partial charge >= 0.3 is 0 Å². The van der Waals surface area contributed by atoms with Crippen LogP contribution in [0.2, 0.25) is 0 Å². The Balaban J connectivity index is 1.53. The SMILES string of the molecule is B[C@@H]1CCCN1C(=S)CNC(=O)[C@@H]1CCCN1C(=O)[C@@H](N)Cc1ccccc1. The Bertz CT molecular complexity index is 717. The van der Waals surface area contributed by atoms with Gasteiger partial charge in [0.05, 0.1) is 17.6 Å². The van der Waals surface area contributed by atoms with Crippen LogP contribution in [0, 0.1) is 0 Å². The number of nitrogens with zero attached hydrogens (tertiary/aromatic N) is 2. The first-order valence-corrected chi connectivity index (χ1v) is 10.6. The van der Waals surface area contributed by atoms with Crippen molar-refractivity contribution in [1.29, 1.82) is 0 Å². The van der Waals surface area contributed by atoms with Crippen molar-refractivity contribution in [2.24, 2.45) is 5.73 Å². The average Bonchev–Trinajstić information content (AvgIpc) is 3.35. The van der Waals surface area contributed by atoms with Gasteiger partial charge in [0.25, 0.3) is 0 Å². The van der Waals surface area contributed by atoms with E-state index in [1.807, 2.05) is 30.3 Å². The first kappa shape index (κ1) is 20.8. The molecule has 150 valence electrons. The topological polar surface area (TPSA) is 78.7 Å². The monoisotopic (exact) mass is 400 g/mol. The molecule has 8 heteroatoms. The van der Waals surface area contributed by atoms with Gasteiger partial charge in [-0.1, -0.05) is 42.5 Å². The molecule has 0 aromatic heterocycles. The van der Waals surface area contributed by atoms with Crippen molar-refractivity contribution < 1.29 is 9.59 Å². The number of nitrogens with two attached hydrogens (primary N) is 1. The third kappa shape index (κ3) is 4.91. The molecule has 2 amide bonds. The van der Waals surface area contributed by atoms with Gasteiger partial charge in [-0.05, 0) is 43.6 Å². The van der Waals surface area contributed by atoms with Gasteiger partial charge < -0.3 is 20.9 Å². The molecular weight excluding hydrogens is 371 g/mol. The van der Waals surface area contributed by atoms with E-state index < -0.39 is 12.1 Å². The predicted octanol–water partition coefficient (Wildman–Crippen LogP) is 0.0460. The van der Waals surface area contributed by atoms with Crippen molar-refractivity contribution in [3.8, 4) is 0 Å². The molecule has 0 radical (unpaired) electrons. The summed E-state index contributed by atoms with van der Waals surface area (Å²) in [5.41, 5.74) is 7.18. The molecule has 0 saturated carbocycles. The van der Waals surface area contributed by atoms with Gasteiger partial charge in [0.15, 0.2) is 0 Å². The van der Waals surface area contributed by atoms with E-state index in [9.17, 15) is 9.59 Å². The average molecular weight is 400 g/mol. The Kier molecular flexibility index (Phi) is 7.07. The molecule has 0 bridgehead atoms. The predicted molar refractivity (Wildman–Crippen MR) is 117 cm³/mol. The standard InChI is InChI=1S/C20H29BN4O2S/c21-17-9-5-11-25(17)18(28)13-23-19(26)16-8-4-10-24(16)20(27)15(22)12-14-6-2-1-3-7-14/h1-3,6-7,15-17H,4-5,8-13,21-22H2,(H,23,26)/t15-,16-,17-/m0/s1. The maximum Gasteiger partial charge on any atom is 0.243 e. The van der Waals surface area contributed by atoms with Crippen LogP contribution in [0.25, 0.3) is 0 Å². The van der Waals surface area contributed by atoms with Crippen molar-refractivity contribution in [1.82, 2.24) is 15.1 Å². The second kappa shape index (κ2) is 9.52. The second-order valence-electron chi connectivity index (χ2n) is 7.78. The number of hydrogen-bond donors (Lipinski definition) is 2. The normalized spacial score (nSPS) is 22.9. The molecule has 2 aliphatic heterocycles. The Morgan fingerprint density at radius 3 is 2.54 bits per heavy atom. The van der Waals surface area contributed by atoms with E-state index in [-0.39, 0.29) is 11.8 Å². The van der Waals surface area contributed by atoms with Crippen LogP contribution in [0.15, 0.2) is 30.3 Å². The largest absolute Gasteiger partial charge is 0.370 e. The van der Waals surface area contributed by atoms with Crippen molar-refractivity contribution >= 4 is 36.9 Å². The van der Waals surface area contributed by atoms with E-state index in [1.165, 1.54) is 0 Å². The summed E-state index contributed by atoms with van der Waals surface area (Å²) in [4.78, 5) is 30.2. The molecule has 2 fully saturated rings. The third-order valence-electron chi connectivity index (χ3n) is 5.74. The molecule has 2 saturated heterocycles. The fraction of sp³-hybridized carbons (Fsp3) is 0.550. The highest BCUT2D eigenvalue weighted by Crippen LogP contribution is 2.19. The van der Waals surface area contributed by atoms with Crippen molar-refractivity contribution in [3.05, 3.63) is 35.9 Å². The van der Waals surface area contributed by atoms with Crippen LogP contribution < -0.4 is 11.1 Å². The Morgan fingerprint density at radius 1 is 1.18 bits per heavy atom. The maximum atomic E-state index is 12.8. The molecule has 0 aliphatic carbocycles. The minimum Gasteiger partial charge on any atom is -0.370 e. The summed E-state index contributed by atoms with van der Waals surface area (Å²) in [6.45, 7) is 1.89. The van der Waals surface area contributed by atoms with Crippen LogP contribution in [0.1, 0.15) is 31.2 Å². The highest BCUT2D eigenvalue weighted by atomic mass is 32.1. The zero-order valence-corrected chi connectivity index (χ0v) is 17.3. The Morgan fingerprint density at radius 2 is 1.86 bits per heavy atom. The summed E-state index contributed by atoms with van der Waals surface area (Å²) in [5, 5.41) is 2.94. The van der Waals surface area contributed by atoms with Gasteiger partial charge in [-0.2, -0.15) is 0 Å². The molecule has 2 heterocycles. The number of rotatable bonds is 6. The van der Waals surface area contributed by atoms with E-state index in [2.05, 4.69) is 18.1 Å². The zero-order chi connectivity index (χ0) is 20.1. The number of carbonyl (C=O) groups excluding carboxylic acids is 2. The molecule has 28 heavy (non-hydrogen) atoms. The number of benzene rings is 1. The molecule has 0 unspecified atom stereocenters. The molecular formula is C20H29BN4O2S. The number of hydrogen-bond acceptors (Lipinski definition) is 4. The van der Waals surface area contributed by atoms with Crippen LogP contribution in [0.3, 0.4) is 0 Å². The first-order chi connectivity index (χ1) is 13.5. The van der Waals surface area contributed by atoms with Crippen LogP contribution in [-0.4, -0.2) is 72.1 Å². The number of thiocarbonyl (C=S) groups is 1. The summed E-state index contributed by atoms with van der Waals surface area (Å²) in [7, 11) is 2.16. The van der Waals surface area contributed by atoms with E-state index >= 15 is 0 Å². The Hall–Kier alpha value is -1.93. The summed E-state index contributed by atoms with van der Waals surface area (Å²) < 4.78 is 0. The molecule has 6 nitrogen and oxygen atoms in total. The van der Waals surface area contributed by atoms with Gasteiger partial charge in [0, 0.05) is 13.1 Å². The smallest absolute Gasteiger partial charge is 0.243 e. The lowest BCUT2D eigenvalue weighted by Crippen LogP contribution is -2.53. The van der Waals surface area contributed by atoms with E-state index in [0.29, 0.717) is 31.9 Å². The fourth-order valence-electron chi connectivity index (χ4n) is 4.16. The molecule has 3 N–H and O–H groups in total. The lowest BCUT2D eigenvalue weighted by Gasteiger charge is -2.28. The van der Waals surface area contributed by atoms with Gasteiger partial charge in [-0.25, -0.2) is 0 Å². The molecule has 3 rings (SSSR count). The maximum absolute atomic E-state index is 12.8. The molecule has 0 spiro atoms. The number of carbonyl (C=O) groups is 2. The van der Waals surface area contributed by atoms with E-state index in [1.54, 1.807) is 4.90 Å². The summed E-state index contributed by atoms with van der Waals surface area (Å²) >= 11 is 5.49.